The molecule has 5 nitrogen and oxygen atoms in total. The van der Waals surface area contributed by atoms with Crippen molar-refractivity contribution in [2.75, 3.05) is 32.7 Å². The number of carboxylic acids is 1. The molecule has 130 valence electrons. The number of thiophene rings is 1. The Morgan fingerprint density at radius 2 is 2.29 bits per heavy atom. The summed E-state index contributed by atoms with van der Waals surface area (Å²) in [5.74, 6) is -0.614. The van der Waals surface area contributed by atoms with Gasteiger partial charge in [-0.05, 0) is 24.3 Å². The molecule has 6 heteroatoms. The Kier molecular flexibility index (Phi) is 5.06. The topological polar surface area (TPSA) is 60.9 Å². The van der Waals surface area contributed by atoms with Crippen molar-refractivity contribution in [1.82, 2.24) is 9.80 Å². The van der Waals surface area contributed by atoms with Gasteiger partial charge in [-0.1, -0.05) is 12.1 Å². The van der Waals surface area contributed by atoms with Crippen LogP contribution in [0.2, 0.25) is 0 Å². The smallest absolute Gasteiger partial charge is 0.311 e. The monoisotopic (exact) mass is 348 g/mol. The number of carbonyl (C=O) groups excluding carboxylic acids is 1. The van der Waals surface area contributed by atoms with Gasteiger partial charge >= 0.3 is 5.97 Å². The molecule has 1 aromatic rings. The van der Waals surface area contributed by atoms with Crippen molar-refractivity contribution in [2.45, 2.75) is 19.3 Å². The lowest BCUT2D eigenvalue weighted by Crippen LogP contribution is -2.42. The van der Waals surface area contributed by atoms with E-state index in [0.717, 1.165) is 17.8 Å². The molecule has 0 spiro atoms. The van der Waals surface area contributed by atoms with Gasteiger partial charge in [-0.2, -0.15) is 0 Å². The van der Waals surface area contributed by atoms with E-state index in [1.807, 2.05) is 28.5 Å². The molecule has 2 fully saturated rings. The largest absolute Gasteiger partial charge is 0.481 e. The molecule has 1 amide bonds. The predicted molar refractivity (Wildman–Crippen MR) is 94.0 cm³/mol. The average molecular weight is 348 g/mol. The Bertz CT molecular complexity index is 616. The van der Waals surface area contributed by atoms with Crippen molar-refractivity contribution >= 4 is 23.2 Å². The summed E-state index contributed by atoms with van der Waals surface area (Å²) in [5, 5.41) is 11.9. The predicted octanol–water partition coefficient (Wildman–Crippen LogP) is 2.10. The van der Waals surface area contributed by atoms with E-state index >= 15 is 0 Å². The molecular weight excluding hydrogens is 324 g/mol. The highest BCUT2D eigenvalue weighted by Gasteiger charge is 2.53. The summed E-state index contributed by atoms with van der Waals surface area (Å²) in [5.41, 5.74) is -0.721. The zero-order valence-electron chi connectivity index (χ0n) is 13.8. The molecule has 0 saturated carbocycles. The third kappa shape index (κ3) is 3.26. The summed E-state index contributed by atoms with van der Waals surface area (Å²) in [4.78, 5) is 29.8. The first kappa shape index (κ1) is 17.2. The number of likely N-dealkylation sites (tertiary alicyclic amines) is 2. The molecule has 24 heavy (non-hydrogen) atoms. The van der Waals surface area contributed by atoms with Gasteiger partial charge in [-0.3, -0.25) is 14.5 Å². The third-order valence-corrected chi connectivity index (χ3v) is 6.21. The molecule has 0 unspecified atom stereocenters. The molecule has 1 aromatic heterocycles. The third-order valence-electron chi connectivity index (χ3n) is 5.33. The minimum absolute atomic E-state index is 0.00950. The lowest BCUT2D eigenvalue weighted by atomic mass is 9.75. The molecule has 3 heterocycles. The highest BCUT2D eigenvalue weighted by atomic mass is 32.1. The Balaban J connectivity index is 1.74. The van der Waals surface area contributed by atoms with Crippen LogP contribution in [0.4, 0.5) is 0 Å². The van der Waals surface area contributed by atoms with Crippen LogP contribution in [0.3, 0.4) is 0 Å². The van der Waals surface area contributed by atoms with Crippen LogP contribution in [0.5, 0.6) is 0 Å². The van der Waals surface area contributed by atoms with Crippen LogP contribution in [-0.4, -0.2) is 59.5 Å². The average Bonchev–Trinajstić information content (AvgIpc) is 3.12. The Morgan fingerprint density at radius 3 is 2.96 bits per heavy atom. The van der Waals surface area contributed by atoms with E-state index in [9.17, 15) is 14.7 Å². The highest BCUT2D eigenvalue weighted by Crippen LogP contribution is 2.43. The minimum atomic E-state index is -0.721. The van der Waals surface area contributed by atoms with E-state index in [1.165, 1.54) is 0 Å². The van der Waals surface area contributed by atoms with Crippen molar-refractivity contribution in [3.8, 4) is 0 Å². The molecule has 0 aliphatic carbocycles. The normalized spacial score (nSPS) is 27.5. The lowest BCUT2D eigenvalue weighted by Gasteiger charge is -2.29. The summed E-state index contributed by atoms with van der Waals surface area (Å²) in [6.07, 6.45) is 3.63. The second-order valence-electron chi connectivity index (χ2n) is 6.84. The fourth-order valence-corrected chi connectivity index (χ4v) is 4.80. The standard InChI is InChI=1S/C18H24N2O3S/c1-2-7-19-11-14-12-20(16(21)10-15-5-3-9-24-15)8-4-6-18(14,13-19)17(22)23/h2-3,5,9,14H,1,4,6-8,10-13H2,(H,22,23)/t14-,18+/m0/s1. The molecule has 1 N–H and O–H groups in total. The van der Waals surface area contributed by atoms with Gasteiger partial charge in [0.2, 0.25) is 5.91 Å². The van der Waals surface area contributed by atoms with Crippen molar-refractivity contribution in [1.29, 1.82) is 0 Å². The maximum atomic E-state index is 12.6. The molecule has 3 rings (SSSR count). The van der Waals surface area contributed by atoms with Crippen molar-refractivity contribution < 1.29 is 14.7 Å². The van der Waals surface area contributed by atoms with Gasteiger partial charge in [0.25, 0.3) is 0 Å². The van der Waals surface area contributed by atoms with Crippen LogP contribution < -0.4 is 0 Å². The molecule has 2 saturated heterocycles. The second-order valence-corrected chi connectivity index (χ2v) is 7.87. The molecule has 0 aromatic carbocycles. The first-order valence-electron chi connectivity index (χ1n) is 8.42. The van der Waals surface area contributed by atoms with Gasteiger partial charge in [0.15, 0.2) is 0 Å². The number of carboxylic acid groups (broad SMARTS) is 1. The van der Waals surface area contributed by atoms with Crippen LogP contribution >= 0.6 is 11.3 Å². The van der Waals surface area contributed by atoms with Crippen molar-refractivity contribution in [2.24, 2.45) is 11.3 Å². The maximum absolute atomic E-state index is 12.6. The molecular formula is C18H24N2O3S. The van der Waals surface area contributed by atoms with Gasteiger partial charge in [0.05, 0.1) is 11.8 Å². The number of carbonyl (C=O) groups is 2. The number of hydrogen-bond acceptors (Lipinski definition) is 4. The van der Waals surface area contributed by atoms with Gasteiger partial charge < -0.3 is 10.0 Å². The second kappa shape index (κ2) is 7.07. The fraction of sp³-hybridized carbons (Fsp3) is 0.556. The van der Waals surface area contributed by atoms with Crippen molar-refractivity contribution in [3.63, 3.8) is 0 Å². The van der Waals surface area contributed by atoms with Gasteiger partial charge in [-0.25, -0.2) is 0 Å². The summed E-state index contributed by atoms with van der Waals surface area (Å²) in [6, 6.07) is 3.93. The van der Waals surface area contributed by atoms with E-state index in [1.54, 1.807) is 11.3 Å². The van der Waals surface area contributed by atoms with Crippen LogP contribution in [-0.2, 0) is 16.0 Å². The first-order chi connectivity index (χ1) is 11.5. The van der Waals surface area contributed by atoms with Gasteiger partial charge in [0, 0.05) is 43.5 Å². The van der Waals surface area contributed by atoms with Crippen LogP contribution in [0.25, 0.3) is 0 Å². The van der Waals surface area contributed by atoms with E-state index in [0.29, 0.717) is 39.0 Å². The van der Waals surface area contributed by atoms with E-state index < -0.39 is 11.4 Å². The summed E-state index contributed by atoms with van der Waals surface area (Å²) < 4.78 is 0. The number of aliphatic carboxylic acids is 1. The lowest BCUT2D eigenvalue weighted by molar-refractivity contribution is -0.151. The Morgan fingerprint density at radius 1 is 1.46 bits per heavy atom. The summed E-state index contributed by atoms with van der Waals surface area (Å²) >= 11 is 1.59. The van der Waals surface area contributed by atoms with E-state index in [4.69, 9.17) is 0 Å². The number of amides is 1. The number of fused-ring (bicyclic) bond motifs is 1. The van der Waals surface area contributed by atoms with E-state index in [-0.39, 0.29) is 11.8 Å². The zero-order chi connectivity index (χ0) is 17.2. The molecule has 0 bridgehead atoms. The number of rotatable bonds is 5. The zero-order valence-corrected chi connectivity index (χ0v) is 14.6. The van der Waals surface area contributed by atoms with Crippen LogP contribution in [0.1, 0.15) is 17.7 Å². The molecule has 2 aliphatic heterocycles. The Labute approximate surface area is 146 Å². The Hall–Kier alpha value is -1.66. The van der Waals surface area contributed by atoms with E-state index in [2.05, 4.69) is 11.5 Å². The SMILES string of the molecule is C=CCN1C[C@H]2CN(C(=O)Cc3cccs3)CCC[C@@]2(C(=O)O)C1. The van der Waals surface area contributed by atoms with Crippen LogP contribution in [0.15, 0.2) is 30.2 Å². The minimum Gasteiger partial charge on any atom is -0.481 e. The molecule has 2 atom stereocenters. The number of hydrogen-bond donors (Lipinski definition) is 1. The highest BCUT2D eigenvalue weighted by molar-refractivity contribution is 7.10. The van der Waals surface area contributed by atoms with Crippen molar-refractivity contribution in [3.05, 3.63) is 35.0 Å². The maximum Gasteiger partial charge on any atom is 0.311 e. The van der Waals surface area contributed by atoms with Gasteiger partial charge in [-0.15, -0.1) is 17.9 Å². The van der Waals surface area contributed by atoms with Crippen LogP contribution in [0, 0.1) is 11.3 Å². The summed E-state index contributed by atoms with van der Waals surface area (Å²) in [7, 11) is 0. The fourth-order valence-electron chi connectivity index (χ4n) is 4.11. The molecule has 0 radical (unpaired) electrons. The quantitative estimate of drug-likeness (QED) is 0.828. The number of nitrogens with zero attached hydrogens (tertiary/aromatic N) is 2. The summed E-state index contributed by atoms with van der Waals surface area (Å²) in [6.45, 7) is 6.96. The first-order valence-corrected chi connectivity index (χ1v) is 9.30. The van der Waals surface area contributed by atoms with Gasteiger partial charge in [0.1, 0.15) is 0 Å². The molecule has 2 aliphatic rings.